The van der Waals surface area contributed by atoms with E-state index in [0.29, 0.717) is 13.2 Å². The first kappa shape index (κ1) is 12.5. The van der Waals surface area contributed by atoms with E-state index >= 15 is 0 Å². The van der Waals surface area contributed by atoms with Crippen molar-refractivity contribution in [1.29, 1.82) is 0 Å². The number of rotatable bonds is 3. The molecule has 1 fully saturated rings. The third-order valence-electron chi connectivity index (χ3n) is 3.87. The second-order valence-electron chi connectivity index (χ2n) is 5.75. The molecular formula is C15H19NO3. The molecule has 0 saturated carbocycles. The molecule has 2 aliphatic heterocycles. The number of ether oxygens (including phenoxy) is 2. The summed E-state index contributed by atoms with van der Waals surface area (Å²) in [6.45, 7) is 4.89. The van der Waals surface area contributed by atoms with E-state index in [4.69, 9.17) is 9.47 Å². The third-order valence-corrected chi connectivity index (χ3v) is 3.87. The van der Waals surface area contributed by atoms with E-state index in [9.17, 15) is 4.79 Å². The van der Waals surface area contributed by atoms with Crippen molar-refractivity contribution in [2.75, 3.05) is 26.4 Å². The molecule has 4 nitrogen and oxygen atoms in total. The zero-order valence-electron chi connectivity index (χ0n) is 11.1. The highest BCUT2D eigenvalue weighted by Crippen LogP contribution is 2.33. The highest BCUT2D eigenvalue weighted by molar-refractivity contribution is 5.84. The smallest absolute Gasteiger partial charge is 0.227 e. The van der Waals surface area contributed by atoms with Crippen LogP contribution in [0.25, 0.3) is 0 Å². The average molecular weight is 261 g/mol. The van der Waals surface area contributed by atoms with Crippen molar-refractivity contribution in [3.63, 3.8) is 0 Å². The summed E-state index contributed by atoms with van der Waals surface area (Å²) in [6, 6.07) is 7.80. The molecule has 4 heteroatoms. The van der Waals surface area contributed by atoms with Gasteiger partial charge in [0, 0.05) is 17.5 Å². The Bertz CT molecular complexity index is 482. The van der Waals surface area contributed by atoms with Gasteiger partial charge in [-0.05, 0) is 12.5 Å². The summed E-state index contributed by atoms with van der Waals surface area (Å²) in [5.74, 6) is 0.852. The average Bonchev–Trinajstić information content (AvgIpc) is 2.42. The summed E-state index contributed by atoms with van der Waals surface area (Å²) < 4.78 is 10.8. The number of nitrogens with one attached hydrogen (secondary N) is 1. The molecule has 1 unspecified atom stereocenters. The van der Waals surface area contributed by atoms with E-state index in [1.807, 2.05) is 24.3 Å². The lowest BCUT2D eigenvalue weighted by Crippen LogP contribution is -2.49. The molecule has 3 rings (SSSR count). The van der Waals surface area contributed by atoms with Crippen molar-refractivity contribution in [3.8, 4) is 5.75 Å². The van der Waals surface area contributed by atoms with Gasteiger partial charge in [0.1, 0.15) is 5.75 Å². The minimum atomic E-state index is -0.0884. The van der Waals surface area contributed by atoms with Gasteiger partial charge in [0.2, 0.25) is 5.91 Å². The number of carbonyl (C=O) groups excluding carboxylic acids is 1. The molecule has 0 aliphatic carbocycles. The predicted molar refractivity (Wildman–Crippen MR) is 71.2 cm³/mol. The molecule has 0 spiro atoms. The Kier molecular flexibility index (Phi) is 3.19. The molecule has 1 aromatic rings. The predicted octanol–water partition coefficient (Wildman–Crippen LogP) is 1.71. The van der Waals surface area contributed by atoms with Crippen molar-refractivity contribution >= 4 is 5.91 Å². The topological polar surface area (TPSA) is 47.6 Å². The molecule has 102 valence electrons. The van der Waals surface area contributed by atoms with Gasteiger partial charge in [-0.15, -0.1) is 0 Å². The lowest BCUT2D eigenvalue weighted by molar-refractivity contribution is -0.128. The van der Waals surface area contributed by atoms with Gasteiger partial charge in [0.15, 0.2) is 0 Å². The van der Waals surface area contributed by atoms with Crippen molar-refractivity contribution in [2.45, 2.75) is 19.3 Å². The monoisotopic (exact) mass is 261 g/mol. The summed E-state index contributed by atoms with van der Waals surface area (Å²) in [6.07, 6.45) is 0.746. The van der Waals surface area contributed by atoms with Gasteiger partial charge in [-0.25, -0.2) is 0 Å². The standard InChI is InChI=1S/C15H19NO3/c1-15(9-18-10-15)8-16-14(17)12-6-7-19-13-5-3-2-4-11(12)13/h2-5,12H,6-10H2,1H3,(H,16,17). The first-order valence-corrected chi connectivity index (χ1v) is 6.75. The van der Waals surface area contributed by atoms with Crippen LogP contribution >= 0.6 is 0 Å². The molecule has 1 amide bonds. The number of para-hydroxylation sites is 1. The van der Waals surface area contributed by atoms with Crippen LogP contribution in [0.4, 0.5) is 0 Å². The van der Waals surface area contributed by atoms with Crippen LogP contribution in [0.2, 0.25) is 0 Å². The summed E-state index contributed by atoms with van der Waals surface area (Å²) in [5.41, 5.74) is 1.11. The summed E-state index contributed by atoms with van der Waals surface area (Å²) >= 11 is 0. The van der Waals surface area contributed by atoms with E-state index in [1.54, 1.807) is 0 Å². The van der Waals surface area contributed by atoms with Crippen LogP contribution in [0.1, 0.15) is 24.8 Å². The molecule has 19 heavy (non-hydrogen) atoms. The van der Waals surface area contributed by atoms with Gasteiger partial charge in [-0.2, -0.15) is 0 Å². The molecule has 1 atom stereocenters. The first-order chi connectivity index (χ1) is 9.18. The van der Waals surface area contributed by atoms with Crippen molar-refractivity contribution in [2.24, 2.45) is 5.41 Å². The molecule has 0 aromatic heterocycles. The SMILES string of the molecule is CC1(CNC(=O)C2CCOc3ccccc32)COC1. The molecule has 0 bridgehead atoms. The Morgan fingerprint density at radius 1 is 1.42 bits per heavy atom. The second-order valence-corrected chi connectivity index (χ2v) is 5.75. The lowest BCUT2D eigenvalue weighted by Gasteiger charge is -2.38. The number of benzene rings is 1. The fourth-order valence-electron chi connectivity index (χ4n) is 2.59. The van der Waals surface area contributed by atoms with E-state index in [2.05, 4.69) is 12.2 Å². The van der Waals surface area contributed by atoms with Crippen molar-refractivity contribution < 1.29 is 14.3 Å². The molecule has 2 heterocycles. The number of carbonyl (C=O) groups is 1. The molecule has 1 aromatic carbocycles. The van der Waals surface area contributed by atoms with Gasteiger partial charge in [-0.3, -0.25) is 4.79 Å². The fraction of sp³-hybridized carbons (Fsp3) is 0.533. The van der Waals surface area contributed by atoms with E-state index in [-0.39, 0.29) is 17.2 Å². The van der Waals surface area contributed by atoms with Gasteiger partial charge in [-0.1, -0.05) is 25.1 Å². The van der Waals surface area contributed by atoms with Gasteiger partial charge in [0.05, 0.1) is 25.7 Å². The number of hydrogen-bond donors (Lipinski definition) is 1. The van der Waals surface area contributed by atoms with Crippen LogP contribution in [-0.2, 0) is 9.53 Å². The third kappa shape index (κ3) is 2.45. The maximum Gasteiger partial charge on any atom is 0.227 e. The Hall–Kier alpha value is -1.55. The molecule has 1 saturated heterocycles. The van der Waals surface area contributed by atoms with Crippen molar-refractivity contribution in [1.82, 2.24) is 5.32 Å². The van der Waals surface area contributed by atoms with E-state index in [0.717, 1.165) is 30.9 Å². The highest BCUT2D eigenvalue weighted by Gasteiger charge is 2.35. The molecule has 1 N–H and O–H groups in total. The number of amides is 1. The van der Waals surface area contributed by atoms with E-state index < -0.39 is 0 Å². The van der Waals surface area contributed by atoms with Crippen LogP contribution in [0.3, 0.4) is 0 Å². The summed E-state index contributed by atoms with van der Waals surface area (Å²) in [5, 5.41) is 3.06. The summed E-state index contributed by atoms with van der Waals surface area (Å²) in [4.78, 5) is 12.3. The Balaban J connectivity index is 1.67. The number of hydrogen-bond acceptors (Lipinski definition) is 3. The molecular weight excluding hydrogens is 242 g/mol. The van der Waals surface area contributed by atoms with Gasteiger partial charge >= 0.3 is 0 Å². The highest BCUT2D eigenvalue weighted by atomic mass is 16.5. The van der Waals surface area contributed by atoms with Crippen LogP contribution in [0.15, 0.2) is 24.3 Å². The fourth-order valence-corrected chi connectivity index (χ4v) is 2.59. The zero-order chi connectivity index (χ0) is 13.3. The van der Waals surface area contributed by atoms with Gasteiger partial charge in [0.25, 0.3) is 0 Å². The molecule has 0 radical (unpaired) electrons. The lowest BCUT2D eigenvalue weighted by atomic mass is 9.87. The first-order valence-electron chi connectivity index (χ1n) is 6.75. The van der Waals surface area contributed by atoms with Crippen LogP contribution in [-0.4, -0.2) is 32.3 Å². The maximum atomic E-state index is 12.3. The van der Waals surface area contributed by atoms with Crippen LogP contribution < -0.4 is 10.1 Å². The quantitative estimate of drug-likeness (QED) is 0.901. The minimum Gasteiger partial charge on any atom is -0.493 e. The molecule has 2 aliphatic rings. The number of fused-ring (bicyclic) bond motifs is 1. The Morgan fingerprint density at radius 3 is 2.95 bits per heavy atom. The second kappa shape index (κ2) is 4.85. The zero-order valence-corrected chi connectivity index (χ0v) is 11.1. The largest absolute Gasteiger partial charge is 0.493 e. The minimum absolute atomic E-state index is 0.0884. The maximum absolute atomic E-state index is 12.3. The van der Waals surface area contributed by atoms with Crippen LogP contribution in [0, 0.1) is 5.41 Å². The summed E-state index contributed by atoms with van der Waals surface area (Å²) in [7, 11) is 0. The van der Waals surface area contributed by atoms with Gasteiger partial charge < -0.3 is 14.8 Å². The normalized spacial score (nSPS) is 23.7. The van der Waals surface area contributed by atoms with Crippen LogP contribution in [0.5, 0.6) is 5.75 Å². The Labute approximate surface area is 113 Å². The van der Waals surface area contributed by atoms with Crippen molar-refractivity contribution in [3.05, 3.63) is 29.8 Å². The van der Waals surface area contributed by atoms with E-state index in [1.165, 1.54) is 0 Å². The Morgan fingerprint density at radius 2 is 2.21 bits per heavy atom.